The number of furan rings is 1. The molecule has 27 heavy (non-hydrogen) atoms. The van der Waals surface area contributed by atoms with Crippen LogP contribution in [-0.4, -0.2) is 57.0 Å². The summed E-state index contributed by atoms with van der Waals surface area (Å²) in [5.41, 5.74) is 0.993. The maximum absolute atomic E-state index is 12.7. The lowest BCUT2D eigenvalue weighted by Gasteiger charge is -2.28. The Balaban J connectivity index is 1.61. The van der Waals surface area contributed by atoms with Crippen LogP contribution in [0.3, 0.4) is 0 Å². The van der Waals surface area contributed by atoms with Gasteiger partial charge in [-0.25, -0.2) is 8.42 Å². The van der Waals surface area contributed by atoms with E-state index >= 15 is 0 Å². The fraction of sp³-hybridized carbons (Fsp3) is 0.450. The molecule has 1 unspecified atom stereocenters. The van der Waals surface area contributed by atoms with Crippen LogP contribution in [0.5, 0.6) is 0 Å². The number of ether oxygens (including phenoxy) is 1. The summed E-state index contributed by atoms with van der Waals surface area (Å²) in [5.74, 6) is 1.64. The maximum atomic E-state index is 12.7. The predicted octanol–water partition coefficient (Wildman–Crippen LogP) is 2.54. The van der Waals surface area contributed by atoms with Gasteiger partial charge in [-0.15, -0.1) is 0 Å². The molecule has 2 aromatic rings. The molecule has 1 aromatic heterocycles. The summed E-state index contributed by atoms with van der Waals surface area (Å²) in [6, 6.07) is 13.3. The topological polar surface area (TPSA) is 76.8 Å². The van der Waals surface area contributed by atoms with Gasteiger partial charge in [0.2, 0.25) is 5.91 Å². The molecule has 6 nitrogen and oxygen atoms in total. The minimum Gasteiger partial charge on any atom is -0.461 e. The third-order valence-electron chi connectivity index (χ3n) is 4.81. The first-order chi connectivity index (χ1) is 13.0. The van der Waals surface area contributed by atoms with E-state index < -0.39 is 9.84 Å². The quantitative estimate of drug-likeness (QED) is 0.691. The van der Waals surface area contributed by atoms with Gasteiger partial charge in [0, 0.05) is 38.1 Å². The highest BCUT2D eigenvalue weighted by Gasteiger charge is 2.34. The second-order valence-corrected chi connectivity index (χ2v) is 9.00. The lowest BCUT2D eigenvalue weighted by molar-refractivity contribution is -0.133. The van der Waals surface area contributed by atoms with Gasteiger partial charge in [0.25, 0.3) is 0 Å². The number of sulfone groups is 1. The minimum absolute atomic E-state index is 0.0430. The largest absolute Gasteiger partial charge is 0.461 e. The summed E-state index contributed by atoms with van der Waals surface area (Å²) in [4.78, 5) is 14.4. The first kappa shape index (κ1) is 19.6. The Bertz CT molecular complexity index is 860. The Hall–Kier alpha value is -2.12. The van der Waals surface area contributed by atoms with Gasteiger partial charge in [-0.05, 0) is 18.6 Å². The third-order valence-corrected chi connectivity index (χ3v) is 6.56. The van der Waals surface area contributed by atoms with Gasteiger partial charge in [0.05, 0.1) is 18.1 Å². The minimum atomic E-state index is -3.05. The molecule has 1 fully saturated rings. The number of hydrogen-bond donors (Lipinski definition) is 0. The van der Waals surface area contributed by atoms with E-state index in [0.717, 1.165) is 17.1 Å². The molecule has 0 spiro atoms. The zero-order chi connectivity index (χ0) is 19.3. The smallest absolute Gasteiger partial charge is 0.223 e. The molecule has 1 atom stereocenters. The van der Waals surface area contributed by atoms with Crippen LogP contribution in [0.15, 0.2) is 46.9 Å². The van der Waals surface area contributed by atoms with Crippen LogP contribution >= 0.6 is 0 Å². The number of carbonyl (C=O) groups is 1. The molecular weight excluding hydrogens is 366 g/mol. The normalized spacial score (nSPS) is 18.5. The number of benzene rings is 1. The SMILES string of the molecule is COCCN(C(=O)CCc1ccc(-c2ccccc2)o1)C1CCS(=O)(=O)C1. The maximum Gasteiger partial charge on any atom is 0.223 e. The van der Waals surface area contributed by atoms with Gasteiger partial charge in [-0.2, -0.15) is 0 Å². The van der Waals surface area contributed by atoms with Crippen LogP contribution in [-0.2, 0) is 25.8 Å². The van der Waals surface area contributed by atoms with Crippen molar-refractivity contribution < 1.29 is 22.4 Å². The van der Waals surface area contributed by atoms with Crippen molar-refractivity contribution in [2.45, 2.75) is 25.3 Å². The van der Waals surface area contributed by atoms with Gasteiger partial charge < -0.3 is 14.1 Å². The molecule has 0 aliphatic carbocycles. The summed E-state index contributed by atoms with van der Waals surface area (Å²) in [6.07, 6.45) is 1.26. The molecule has 1 amide bonds. The molecule has 0 N–H and O–H groups in total. The van der Waals surface area contributed by atoms with E-state index in [1.165, 1.54) is 0 Å². The molecule has 146 valence electrons. The van der Waals surface area contributed by atoms with E-state index in [2.05, 4.69) is 0 Å². The number of hydrogen-bond acceptors (Lipinski definition) is 5. The number of aryl methyl sites for hydroxylation is 1. The fourth-order valence-corrected chi connectivity index (χ4v) is 5.10. The van der Waals surface area contributed by atoms with E-state index in [9.17, 15) is 13.2 Å². The highest BCUT2D eigenvalue weighted by molar-refractivity contribution is 7.91. The Labute approximate surface area is 160 Å². The predicted molar refractivity (Wildman–Crippen MR) is 103 cm³/mol. The van der Waals surface area contributed by atoms with E-state index in [1.54, 1.807) is 12.0 Å². The molecule has 1 aliphatic rings. The van der Waals surface area contributed by atoms with E-state index in [4.69, 9.17) is 9.15 Å². The molecule has 3 rings (SSSR count). The molecule has 1 aromatic carbocycles. The zero-order valence-electron chi connectivity index (χ0n) is 15.5. The monoisotopic (exact) mass is 391 g/mol. The molecule has 1 saturated heterocycles. The first-order valence-electron chi connectivity index (χ1n) is 9.11. The van der Waals surface area contributed by atoms with Crippen molar-refractivity contribution in [3.8, 4) is 11.3 Å². The summed E-state index contributed by atoms with van der Waals surface area (Å²) in [7, 11) is -1.48. The highest BCUT2D eigenvalue weighted by atomic mass is 32.2. The van der Waals surface area contributed by atoms with Crippen LogP contribution in [0.2, 0.25) is 0 Å². The average molecular weight is 391 g/mol. The highest BCUT2D eigenvalue weighted by Crippen LogP contribution is 2.23. The van der Waals surface area contributed by atoms with E-state index in [0.29, 0.717) is 26.0 Å². The van der Waals surface area contributed by atoms with Crippen molar-refractivity contribution >= 4 is 15.7 Å². The second-order valence-electron chi connectivity index (χ2n) is 6.77. The molecule has 1 aliphatic heterocycles. The van der Waals surface area contributed by atoms with Gasteiger partial charge in [-0.1, -0.05) is 30.3 Å². The number of methoxy groups -OCH3 is 1. The zero-order valence-corrected chi connectivity index (χ0v) is 16.3. The lowest BCUT2D eigenvalue weighted by atomic mass is 10.1. The van der Waals surface area contributed by atoms with Crippen LogP contribution in [0, 0.1) is 0 Å². The van der Waals surface area contributed by atoms with Crippen LogP contribution in [0.1, 0.15) is 18.6 Å². The average Bonchev–Trinajstić information content (AvgIpc) is 3.27. The molecule has 2 heterocycles. The number of amides is 1. The van der Waals surface area contributed by atoms with Crippen LogP contribution in [0.4, 0.5) is 0 Å². The number of nitrogens with zero attached hydrogens (tertiary/aromatic N) is 1. The standard InChI is InChI=1S/C20H25NO5S/c1-25-13-12-21(17-11-14-27(23,24)15-17)20(22)10-8-18-7-9-19(26-18)16-5-3-2-4-6-16/h2-7,9,17H,8,10-15H2,1H3. The van der Waals surface area contributed by atoms with Crippen molar-refractivity contribution in [1.82, 2.24) is 4.90 Å². The summed E-state index contributed by atoms with van der Waals surface area (Å²) in [6.45, 7) is 0.796. The number of rotatable bonds is 8. The van der Waals surface area contributed by atoms with Gasteiger partial charge >= 0.3 is 0 Å². The van der Waals surface area contributed by atoms with Crippen LogP contribution < -0.4 is 0 Å². The molecule has 0 radical (unpaired) electrons. The third kappa shape index (κ3) is 5.20. The number of carbonyl (C=O) groups excluding carboxylic acids is 1. The summed E-state index contributed by atoms with van der Waals surface area (Å²) < 4.78 is 34.5. The molecule has 0 bridgehead atoms. The van der Waals surface area contributed by atoms with Gasteiger partial charge in [0.15, 0.2) is 9.84 Å². The van der Waals surface area contributed by atoms with Crippen molar-refractivity contribution in [2.24, 2.45) is 0 Å². The molecule has 7 heteroatoms. The van der Waals surface area contributed by atoms with Gasteiger partial charge in [-0.3, -0.25) is 4.79 Å². The second kappa shape index (κ2) is 8.71. The summed E-state index contributed by atoms with van der Waals surface area (Å²) in [5, 5.41) is 0. The first-order valence-corrected chi connectivity index (χ1v) is 10.9. The lowest BCUT2D eigenvalue weighted by Crippen LogP contribution is -2.43. The van der Waals surface area contributed by atoms with E-state index in [-0.39, 0.29) is 29.9 Å². The van der Waals surface area contributed by atoms with Crippen LogP contribution in [0.25, 0.3) is 11.3 Å². The van der Waals surface area contributed by atoms with Crippen molar-refractivity contribution in [2.75, 3.05) is 31.8 Å². The Kier molecular flexibility index (Phi) is 6.34. The van der Waals surface area contributed by atoms with Gasteiger partial charge in [0.1, 0.15) is 11.5 Å². The molecular formula is C20H25NO5S. The van der Waals surface area contributed by atoms with Crippen molar-refractivity contribution in [3.63, 3.8) is 0 Å². The Morgan fingerprint density at radius 3 is 2.67 bits per heavy atom. The fourth-order valence-electron chi connectivity index (χ4n) is 3.37. The molecule has 0 saturated carbocycles. The summed E-state index contributed by atoms with van der Waals surface area (Å²) >= 11 is 0. The van der Waals surface area contributed by atoms with E-state index in [1.807, 2.05) is 42.5 Å². The Morgan fingerprint density at radius 2 is 2.00 bits per heavy atom. The Morgan fingerprint density at radius 1 is 1.22 bits per heavy atom. The van der Waals surface area contributed by atoms with Crippen molar-refractivity contribution in [3.05, 3.63) is 48.2 Å². The van der Waals surface area contributed by atoms with Crippen molar-refractivity contribution in [1.29, 1.82) is 0 Å².